The van der Waals surface area contributed by atoms with Gasteiger partial charge in [0.1, 0.15) is 0 Å². The van der Waals surface area contributed by atoms with Crippen LogP contribution in [0.25, 0.3) is 0 Å². The van der Waals surface area contributed by atoms with Crippen molar-refractivity contribution in [2.45, 2.75) is 24.2 Å². The van der Waals surface area contributed by atoms with Gasteiger partial charge in [-0.05, 0) is 24.6 Å². The molecule has 0 saturated heterocycles. The van der Waals surface area contributed by atoms with Gasteiger partial charge in [0.25, 0.3) is 0 Å². The third-order valence-electron chi connectivity index (χ3n) is 3.78. The summed E-state index contributed by atoms with van der Waals surface area (Å²) in [5.41, 5.74) is 2.90. The third kappa shape index (κ3) is 6.88. The first-order valence-corrected chi connectivity index (χ1v) is 10.5. The Morgan fingerprint density at radius 1 is 1.19 bits per heavy atom. The van der Waals surface area contributed by atoms with Crippen LogP contribution >= 0.6 is 23.1 Å². The molecule has 1 aromatic carbocycles. The highest BCUT2D eigenvalue weighted by molar-refractivity contribution is 8.01. The zero-order chi connectivity index (χ0) is 19.8. The molecule has 2 aromatic rings. The zero-order valence-corrected chi connectivity index (χ0v) is 17.7. The second-order valence-electron chi connectivity index (χ2n) is 6.19. The zero-order valence-electron chi connectivity index (χ0n) is 16.1. The molecule has 6 nitrogen and oxygen atoms in total. The minimum atomic E-state index is -0.282. The lowest BCUT2D eigenvalue weighted by molar-refractivity contribution is -0.142. The van der Waals surface area contributed by atoms with Crippen LogP contribution in [0, 0.1) is 0 Å². The number of esters is 1. The smallest absolute Gasteiger partial charge is 0.311 e. The van der Waals surface area contributed by atoms with Crippen molar-refractivity contribution < 1.29 is 14.3 Å². The molecule has 0 radical (unpaired) electrons. The quantitative estimate of drug-likeness (QED) is 0.470. The molecule has 0 N–H and O–H groups in total. The highest BCUT2D eigenvalue weighted by Crippen LogP contribution is 2.23. The minimum absolute atomic E-state index is 0.0406. The van der Waals surface area contributed by atoms with Crippen LogP contribution in [0.5, 0.6) is 0 Å². The van der Waals surface area contributed by atoms with E-state index < -0.39 is 0 Å². The number of aromatic nitrogens is 1. The maximum absolute atomic E-state index is 12.4. The lowest BCUT2D eigenvalue weighted by Crippen LogP contribution is -2.27. The minimum Gasteiger partial charge on any atom is -0.466 e. The Balaban J connectivity index is 1.81. The normalized spacial score (nSPS) is 10.5. The van der Waals surface area contributed by atoms with E-state index in [2.05, 4.69) is 4.98 Å². The molecule has 146 valence electrons. The van der Waals surface area contributed by atoms with E-state index >= 15 is 0 Å². The number of thioether (sulfide) groups is 1. The second-order valence-corrected chi connectivity index (χ2v) is 8.27. The summed E-state index contributed by atoms with van der Waals surface area (Å²) in [6, 6.07) is 8.16. The number of hydrogen-bond acceptors (Lipinski definition) is 7. The summed E-state index contributed by atoms with van der Waals surface area (Å²) in [6.45, 7) is 2.71. The van der Waals surface area contributed by atoms with Crippen LogP contribution in [0.3, 0.4) is 0 Å². The van der Waals surface area contributed by atoms with Gasteiger partial charge in [-0.1, -0.05) is 23.9 Å². The van der Waals surface area contributed by atoms with Crippen molar-refractivity contribution in [2.24, 2.45) is 0 Å². The summed E-state index contributed by atoms with van der Waals surface area (Å²) in [4.78, 5) is 32.0. The molecule has 1 heterocycles. The van der Waals surface area contributed by atoms with E-state index in [1.807, 2.05) is 48.6 Å². The number of nitrogens with zero attached hydrogens (tertiary/aromatic N) is 3. The number of anilines is 1. The number of rotatable bonds is 9. The van der Waals surface area contributed by atoms with Crippen LogP contribution in [-0.4, -0.2) is 55.3 Å². The highest BCUT2D eigenvalue weighted by Gasteiger charge is 2.13. The number of thiazole rings is 1. The summed E-state index contributed by atoms with van der Waals surface area (Å²) in [5, 5.41) is 1.83. The Morgan fingerprint density at radius 3 is 2.52 bits per heavy atom. The fourth-order valence-electron chi connectivity index (χ4n) is 2.29. The summed E-state index contributed by atoms with van der Waals surface area (Å²) in [6.07, 6.45) is 0.168. The van der Waals surface area contributed by atoms with E-state index in [0.29, 0.717) is 24.6 Å². The van der Waals surface area contributed by atoms with Crippen molar-refractivity contribution in [3.8, 4) is 0 Å². The maximum atomic E-state index is 12.4. The predicted molar refractivity (Wildman–Crippen MR) is 110 cm³/mol. The standard InChI is InChI=1S/C19H25N3O3S2/c1-5-25-18(24)10-15-12-26-19(20-15)27-13-17(23)22(4)11-14-6-8-16(9-7-14)21(2)3/h6-9,12H,5,10-11,13H2,1-4H3. The van der Waals surface area contributed by atoms with Crippen LogP contribution in [-0.2, 0) is 27.3 Å². The molecule has 0 fully saturated rings. The van der Waals surface area contributed by atoms with Crippen LogP contribution < -0.4 is 4.90 Å². The Kier molecular flexibility index (Phi) is 8.12. The molecule has 0 atom stereocenters. The second kappa shape index (κ2) is 10.3. The molecule has 0 unspecified atom stereocenters. The van der Waals surface area contributed by atoms with E-state index in [1.165, 1.54) is 23.1 Å². The predicted octanol–water partition coefficient (Wildman–Crippen LogP) is 3.07. The van der Waals surface area contributed by atoms with Crippen molar-refractivity contribution in [1.82, 2.24) is 9.88 Å². The Morgan fingerprint density at radius 2 is 1.89 bits per heavy atom. The van der Waals surface area contributed by atoms with Crippen molar-refractivity contribution in [2.75, 3.05) is 38.4 Å². The molecule has 8 heteroatoms. The van der Waals surface area contributed by atoms with Crippen LogP contribution in [0.1, 0.15) is 18.2 Å². The number of hydrogen-bond donors (Lipinski definition) is 0. The number of ether oxygens (including phenoxy) is 1. The van der Waals surface area contributed by atoms with Gasteiger partial charge in [0, 0.05) is 38.8 Å². The molecular weight excluding hydrogens is 382 g/mol. The Hall–Kier alpha value is -2.06. The average molecular weight is 408 g/mol. The van der Waals surface area contributed by atoms with Gasteiger partial charge in [-0.25, -0.2) is 4.98 Å². The van der Waals surface area contributed by atoms with Gasteiger partial charge >= 0.3 is 5.97 Å². The van der Waals surface area contributed by atoms with E-state index in [4.69, 9.17) is 4.74 Å². The first kappa shape index (κ1) is 21.2. The van der Waals surface area contributed by atoms with E-state index in [9.17, 15) is 9.59 Å². The first-order chi connectivity index (χ1) is 12.9. The molecule has 0 aliphatic heterocycles. The SMILES string of the molecule is CCOC(=O)Cc1csc(SCC(=O)N(C)Cc2ccc(N(C)C)cc2)n1. The van der Waals surface area contributed by atoms with Crippen LogP contribution in [0.2, 0.25) is 0 Å². The molecule has 1 amide bonds. The van der Waals surface area contributed by atoms with E-state index in [-0.39, 0.29) is 18.3 Å². The fraction of sp³-hybridized carbons (Fsp3) is 0.421. The van der Waals surface area contributed by atoms with Gasteiger partial charge in [0.15, 0.2) is 4.34 Å². The Bertz CT molecular complexity index is 760. The van der Waals surface area contributed by atoms with Gasteiger partial charge in [-0.2, -0.15) is 0 Å². The molecule has 0 aliphatic rings. The van der Waals surface area contributed by atoms with Crippen molar-refractivity contribution in [1.29, 1.82) is 0 Å². The number of carbonyl (C=O) groups excluding carboxylic acids is 2. The van der Waals surface area contributed by atoms with Crippen LogP contribution in [0.15, 0.2) is 34.0 Å². The Labute approximate surface area is 168 Å². The van der Waals surface area contributed by atoms with Crippen molar-refractivity contribution in [3.05, 3.63) is 40.9 Å². The van der Waals surface area contributed by atoms with E-state index in [0.717, 1.165) is 15.6 Å². The third-order valence-corrected chi connectivity index (χ3v) is 5.83. The highest BCUT2D eigenvalue weighted by atomic mass is 32.2. The summed E-state index contributed by atoms with van der Waals surface area (Å²) in [7, 11) is 5.80. The van der Waals surface area contributed by atoms with Gasteiger partial charge in [-0.3, -0.25) is 9.59 Å². The van der Waals surface area contributed by atoms with E-state index in [1.54, 1.807) is 18.9 Å². The van der Waals surface area contributed by atoms with Gasteiger partial charge in [0.05, 0.1) is 24.5 Å². The number of amides is 1. The molecule has 0 aliphatic carbocycles. The summed E-state index contributed by atoms with van der Waals surface area (Å²) < 4.78 is 5.70. The molecule has 27 heavy (non-hydrogen) atoms. The molecule has 0 spiro atoms. The van der Waals surface area contributed by atoms with Gasteiger partial charge < -0.3 is 14.5 Å². The molecule has 2 rings (SSSR count). The topological polar surface area (TPSA) is 62.7 Å². The largest absolute Gasteiger partial charge is 0.466 e. The van der Waals surface area contributed by atoms with Crippen LogP contribution in [0.4, 0.5) is 5.69 Å². The fourth-order valence-corrected chi connectivity index (χ4v) is 4.08. The first-order valence-electron chi connectivity index (χ1n) is 8.62. The molecule has 1 aromatic heterocycles. The lowest BCUT2D eigenvalue weighted by Gasteiger charge is -2.18. The number of benzene rings is 1. The maximum Gasteiger partial charge on any atom is 0.311 e. The van der Waals surface area contributed by atoms with Crippen molar-refractivity contribution >= 4 is 40.7 Å². The lowest BCUT2D eigenvalue weighted by atomic mass is 10.2. The van der Waals surface area contributed by atoms with Gasteiger partial charge in [-0.15, -0.1) is 11.3 Å². The monoisotopic (exact) mass is 407 g/mol. The van der Waals surface area contributed by atoms with Gasteiger partial charge in [0.2, 0.25) is 5.91 Å². The summed E-state index contributed by atoms with van der Waals surface area (Å²) in [5.74, 6) is 0.0767. The molecule has 0 saturated carbocycles. The summed E-state index contributed by atoms with van der Waals surface area (Å²) >= 11 is 2.83. The average Bonchev–Trinajstić information content (AvgIpc) is 3.07. The molecule has 0 bridgehead atoms. The number of carbonyl (C=O) groups is 2. The molecular formula is C19H25N3O3S2. The van der Waals surface area contributed by atoms with Crippen molar-refractivity contribution in [3.63, 3.8) is 0 Å².